The van der Waals surface area contributed by atoms with Crippen molar-refractivity contribution in [3.05, 3.63) is 94.4 Å². The van der Waals surface area contributed by atoms with Crippen molar-refractivity contribution in [1.29, 1.82) is 0 Å². The standard InChI is InChI=1S/C26H22N2O6S2/c1-17-7-3-4-9-20(17)16-28-25(30)24(35-26(28)31)15-19-8-5-6-10-23(19)34-36(32,33)22-13-11-21(12-14-22)27-18(2)29/h3-15H,16H2,1-2H3,(H,27,29)/b24-15-. The normalized spacial score (nSPS) is 14.8. The number of nitrogens with one attached hydrogen (secondary N) is 1. The van der Waals surface area contributed by atoms with Gasteiger partial charge in [0.1, 0.15) is 10.6 Å². The number of anilines is 1. The molecule has 0 radical (unpaired) electrons. The first-order chi connectivity index (χ1) is 17.1. The Morgan fingerprint density at radius 2 is 1.67 bits per heavy atom. The number of carbonyl (C=O) groups excluding carboxylic acids is 3. The van der Waals surface area contributed by atoms with E-state index >= 15 is 0 Å². The Kier molecular flexibility index (Phi) is 7.27. The first-order valence-corrected chi connectivity index (χ1v) is 13.1. The second-order valence-electron chi connectivity index (χ2n) is 7.98. The zero-order valence-corrected chi connectivity index (χ0v) is 21.1. The zero-order valence-electron chi connectivity index (χ0n) is 19.4. The topological polar surface area (TPSA) is 110 Å². The lowest BCUT2D eigenvalue weighted by Gasteiger charge is -2.14. The van der Waals surface area contributed by atoms with Gasteiger partial charge in [0.05, 0.1) is 11.4 Å². The Hall–Kier alpha value is -3.89. The van der Waals surface area contributed by atoms with Crippen molar-refractivity contribution >= 4 is 50.7 Å². The highest BCUT2D eigenvalue weighted by Gasteiger charge is 2.35. The summed E-state index contributed by atoms with van der Waals surface area (Å²) in [5.74, 6) is -0.729. The number of hydrogen-bond donors (Lipinski definition) is 1. The smallest absolute Gasteiger partial charge is 0.339 e. The summed E-state index contributed by atoms with van der Waals surface area (Å²) in [6.07, 6.45) is 1.45. The second-order valence-corrected chi connectivity index (χ2v) is 10.5. The van der Waals surface area contributed by atoms with Gasteiger partial charge in [0.15, 0.2) is 0 Å². The molecule has 3 aromatic rings. The maximum absolute atomic E-state index is 13.0. The minimum absolute atomic E-state index is 0.00846. The predicted octanol–water partition coefficient (Wildman–Crippen LogP) is 4.96. The van der Waals surface area contributed by atoms with E-state index in [2.05, 4.69) is 5.32 Å². The van der Waals surface area contributed by atoms with Crippen molar-refractivity contribution in [3.8, 4) is 5.75 Å². The lowest BCUT2D eigenvalue weighted by Crippen LogP contribution is -2.27. The van der Waals surface area contributed by atoms with Crippen LogP contribution < -0.4 is 9.50 Å². The van der Waals surface area contributed by atoms with E-state index < -0.39 is 21.3 Å². The average molecular weight is 523 g/mol. The van der Waals surface area contributed by atoms with Crippen LogP contribution in [0, 0.1) is 6.92 Å². The number of aryl methyl sites for hydroxylation is 1. The summed E-state index contributed by atoms with van der Waals surface area (Å²) >= 11 is 0.790. The van der Waals surface area contributed by atoms with Crippen molar-refractivity contribution in [2.24, 2.45) is 0 Å². The van der Waals surface area contributed by atoms with E-state index in [1.807, 2.05) is 31.2 Å². The van der Waals surface area contributed by atoms with Gasteiger partial charge in [-0.3, -0.25) is 19.3 Å². The summed E-state index contributed by atoms with van der Waals surface area (Å²) in [6.45, 7) is 3.41. The third-order valence-corrected chi connectivity index (χ3v) is 7.49. The second kappa shape index (κ2) is 10.4. The fraction of sp³-hybridized carbons (Fsp3) is 0.115. The minimum atomic E-state index is -4.21. The highest BCUT2D eigenvalue weighted by atomic mass is 32.2. The molecule has 1 aliphatic heterocycles. The zero-order chi connectivity index (χ0) is 25.9. The highest BCUT2D eigenvalue weighted by molar-refractivity contribution is 8.18. The van der Waals surface area contributed by atoms with Crippen LogP contribution in [-0.4, -0.2) is 30.4 Å². The van der Waals surface area contributed by atoms with Gasteiger partial charge in [-0.2, -0.15) is 8.42 Å². The van der Waals surface area contributed by atoms with Gasteiger partial charge in [0.2, 0.25) is 5.91 Å². The number of amides is 3. The highest BCUT2D eigenvalue weighted by Crippen LogP contribution is 2.35. The summed E-state index contributed by atoms with van der Waals surface area (Å²) in [5.41, 5.74) is 2.61. The van der Waals surface area contributed by atoms with Crippen LogP contribution in [0.2, 0.25) is 0 Å². The Balaban J connectivity index is 1.56. The molecule has 3 amide bonds. The number of imide groups is 1. The van der Waals surface area contributed by atoms with Gasteiger partial charge >= 0.3 is 10.1 Å². The van der Waals surface area contributed by atoms with E-state index in [0.29, 0.717) is 11.3 Å². The number of benzene rings is 3. The molecule has 4 rings (SSSR count). The molecular formula is C26H22N2O6S2. The van der Waals surface area contributed by atoms with Crippen LogP contribution in [0.1, 0.15) is 23.6 Å². The van der Waals surface area contributed by atoms with E-state index in [4.69, 9.17) is 4.18 Å². The lowest BCUT2D eigenvalue weighted by molar-refractivity contribution is -0.123. The third-order valence-electron chi connectivity index (χ3n) is 5.33. The Morgan fingerprint density at radius 1 is 1.00 bits per heavy atom. The van der Waals surface area contributed by atoms with E-state index in [9.17, 15) is 22.8 Å². The van der Waals surface area contributed by atoms with Gasteiger partial charge < -0.3 is 9.50 Å². The summed E-state index contributed by atoms with van der Waals surface area (Å²) in [4.78, 5) is 38.0. The van der Waals surface area contributed by atoms with Crippen LogP contribution in [0.5, 0.6) is 5.75 Å². The molecule has 0 aliphatic carbocycles. The number of thioether (sulfide) groups is 1. The Labute approximate surface area is 213 Å². The van der Waals surface area contributed by atoms with Gasteiger partial charge in [-0.15, -0.1) is 0 Å². The van der Waals surface area contributed by atoms with Gasteiger partial charge in [0.25, 0.3) is 11.1 Å². The lowest BCUT2D eigenvalue weighted by atomic mass is 10.1. The average Bonchev–Trinajstić information content (AvgIpc) is 3.09. The number of carbonyl (C=O) groups is 3. The summed E-state index contributed by atoms with van der Waals surface area (Å²) in [7, 11) is -4.21. The molecule has 1 aliphatic rings. The number of rotatable bonds is 7. The molecule has 0 unspecified atom stereocenters. The molecule has 1 fully saturated rings. The van der Waals surface area contributed by atoms with E-state index in [1.54, 1.807) is 18.2 Å². The first-order valence-electron chi connectivity index (χ1n) is 10.8. The quantitative estimate of drug-likeness (QED) is 0.345. The summed E-state index contributed by atoms with van der Waals surface area (Å²) in [6, 6.07) is 19.4. The molecule has 1 heterocycles. The molecule has 1 saturated heterocycles. The predicted molar refractivity (Wildman–Crippen MR) is 138 cm³/mol. The summed E-state index contributed by atoms with van der Waals surface area (Å²) < 4.78 is 31.1. The van der Waals surface area contributed by atoms with Crippen molar-refractivity contribution in [1.82, 2.24) is 4.90 Å². The largest absolute Gasteiger partial charge is 0.378 e. The van der Waals surface area contributed by atoms with E-state index in [-0.39, 0.29) is 28.0 Å². The van der Waals surface area contributed by atoms with Crippen molar-refractivity contribution < 1.29 is 27.0 Å². The van der Waals surface area contributed by atoms with Crippen LogP contribution in [0.3, 0.4) is 0 Å². The maximum Gasteiger partial charge on any atom is 0.339 e. The van der Waals surface area contributed by atoms with Crippen molar-refractivity contribution in [3.63, 3.8) is 0 Å². The molecule has 184 valence electrons. The molecule has 36 heavy (non-hydrogen) atoms. The molecule has 3 aromatic carbocycles. The Morgan fingerprint density at radius 3 is 2.36 bits per heavy atom. The fourth-order valence-corrected chi connectivity index (χ4v) is 5.27. The van der Waals surface area contributed by atoms with Gasteiger partial charge in [-0.25, -0.2) is 0 Å². The summed E-state index contributed by atoms with van der Waals surface area (Å²) in [5, 5.41) is 2.16. The molecule has 0 atom stereocenters. The molecule has 1 N–H and O–H groups in total. The van der Waals surface area contributed by atoms with Gasteiger partial charge in [-0.1, -0.05) is 42.5 Å². The molecule has 8 nitrogen and oxygen atoms in total. The first kappa shape index (κ1) is 25.2. The van der Waals surface area contributed by atoms with Crippen LogP contribution >= 0.6 is 11.8 Å². The number of nitrogens with zero attached hydrogens (tertiary/aromatic N) is 1. The van der Waals surface area contributed by atoms with Crippen LogP contribution in [-0.2, 0) is 26.3 Å². The van der Waals surface area contributed by atoms with Gasteiger partial charge in [-0.05, 0) is 66.2 Å². The van der Waals surface area contributed by atoms with Crippen LogP contribution in [0.4, 0.5) is 10.5 Å². The molecule has 0 saturated carbocycles. The van der Waals surface area contributed by atoms with Crippen molar-refractivity contribution in [2.75, 3.05) is 5.32 Å². The number of hydrogen-bond acceptors (Lipinski definition) is 7. The SMILES string of the molecule is CC(=O)Nc1ccc(S(=O)(=O)Oc2ccccc2/C=C2\SC(=O)N(Cc3ccccc3C)C2=O)cc1. The number of para-hydroxylation sites is 1. The molecule has 0 bridgehead atoms. The van der Waals surface area contributed by atoms with E-state index in [1.165, 1.54) is 43.3 Å². The van der Waals surface area contributed by atoms with Crippen LogP contribution in [0.25, 0.3) is 6.08 Å². The third kappa shape index (κ3) is 5.67. The Bertz CT molecular complexity index is 1480. The molecule has 0 aromatic heterocycles. The minimum Gasteiger partial charge on any atom is -0.378 e. The van der Waals surface area contributed by atoms with Crippen molar-refractivity contribution in [2.45, 2.75) is 25.3 Å². The van der Waals surface area contributed by atoms with E-state index in [0.717, 1.165) is 27.8 Å². The van der Waals surface area contributed by atoms with Gasteiger partial charge in [0, 0.05) is 18.2 Å². The molecule has 0 spiro atoms. The maximum atomic E-state index is 13.0. The monoisotopic (exact) mass is 522 g/mol. The molecular weight excluding hydrogens is 500 g/mol. The molecule has 10 heteroatoms. The fourth-order valence-electron chi connectivity index (χ4n) is 3.49. The van der Waals surface area contributed by atoms with Crippen LogP contribution in [0.15, 0.2) is 82.6 Å².